The fourth-order valence-electron chi connectivity index (χ4n) is 2.96. The van der Waals surface area contributed by atoms with E-state index in [1.54, 1.807) is 0 Å². The third-order valence-electron chi connectivity index (χ3n) is 3.96. The molecule has 1 heterocycles. The van der Waals surface area contributed by atoms with Crippen LogP contribution in [0.4, 0.5) is 0 Å². The van der Waals surface area contributed by atoms with Crippen molar-refractivity contribution in [2.75, 3.05) is 6.54 Å². The van der Waals surface area contributed by atoms with Crippen molar-refractivity contribution in [3.8, 4) is 0 Å². The Balaban J connectivity index is 1.84. The molecule has 0 aromatic heterocycles. The van der Waals surface area contributed by atoms with Crippen molar-refractivity contribution in [1.29, 1.82) is 0 Å². The number of hydrogen-bond acceptors (Lipinski definition) is 2. The third kappa shape index (κ3) is 4.48. The number of rotatable bonds is 5. The average molecular weight is 281 g/mol. The van der Waals surface area contributed by atoms with Gasteiger partial charge in [-0.1, -0.05) is 36.2 Å². The number of halogens is 1. The van der Waals surface area contributed by atoms with Gasteiger partial charge in [0.1, 0.15) is 0 Å². The summed E-state index contributed by atoms with van der Waals surface area (Å²) in [4.78, 5) is 0. The molecule has 2 nitrogen and oxygen atoms in total. The topological polar surface area (TPSA) is 24.1 Å². The van der Waals surface area contributed by atoms with Crippen LogP contribution in [0.25, 0.3) is 0 Å². The molecule has 3 atom stereocenters. The molecule has 3 heteroatoms. The van der Waals surface area contributed by atoms with Gasteiger partial charge in [0.2, 0.25) is 0 Å². The molecule has 19 heavy (non-hydrogen) atoms. The van der Waals surface area contributed by atoms with E-state index in [0.717, 1.165) is 5.02 Å². The van der Waals surface area contributed by atoms with Crippen LogP contribution >= 0.6 is 11.6 Å². The van der Waals surface area contributed by atoms with Gasteiger partial charge < -0.3 is 10.6 Å². The summed E-state index contributed by atoms with van der Waals surface area (Å²) in [6.45, 7) is 5.63. The number of benzene rings is 1. The number of hydrogen-bond donors (Lipinski definition) is 2. The molecule has 1 saturated heterocycles. The fraction of sp³-hybridized carbons (Fsp3) is 0.625. The van der Waals surface area contributed by atoms with Crippen LogP contribution in [0.1, 0.15) is 51.1 Å². The largest absolute Gasteiger partial charge is 0.314 e. The Morgan fingerprint density at radius 3 is 2.79 bits per heavy atom. The zero-order chi connectivity index (χ0) is 13.7. The van der Waals surface area contributed by atoms with E-state index < -0.39 is 0 Å². The Kier molecular flexibility index (Phi) is 5.68. The molecule has 0 amide bonds. The standard InChI is InChI=1S/C16H25ClN2/c1-12(11-14-7-5-6-10-18-14)19-13(2)15-8-3-4-9-16(15)17/h3-4,8-9,12-14,18-19H,5-7,10-11H2,1-2H3. The van der Waals surface area contributed by atoms with Crippen LogP contribution in [0.3, 0.4) is 0 Å². The summed E-state index contributed by atoms with van der Waals surface area (Å²) in [5, 5.41) is 8.12. The van der Waals surface area contributed by atoms with Crippen LogP contribution in [0.15, 0.2) is 24.3 Å². The first-order valence-electron chi connectivity index (χ1n) is 7.40. The highest BCUT2D eigenvalue weighted by Gasteiger charge is 2.18. The van der Waals surface area contributed by atoms with E-state index in [9.17, 15) is 0 Å². The molecular formula is C16H25ClN2. The van der Waals surface area contributed by atoms with Crippen LogP contribution in [-0.4, -0.2) is 18.6 Å². The average Bonchev–Trinajstić information content (AvgIpc) is 2.40. The zero-order valence-corrected chi connectivity index (χ0v) is 12.7. The maximum Gasteiger partial charge on any atom is 0.0453 e. The Morgan fingerprint density at radius 1 is 1.32 bits per heavy atom. The third-order valence-corrected chi connectivity index (χ3v) is 4.30. The second kappa shape index (κ2) is 7.28. The molecule has 106 valence electrons. The minimum atomic E-state index is 0.298. The van der Waals surface area contributed by atoms with E-state index in [2.05, 4.69) is 30.5 Å². The van der Waals surface area contributed by atoms with Crippen LogP contribution in [-0.2, 0) is 0 Å². The Morgan fingerprint density at radius 2 is 2.11 bits per heavy atom. The van der Waals surface area contributed by atoms with Gasteiger partial charge in [-0.25, -0.2) is 0 Å². The van der Waals surface area contributed by atoms with E-state index in [0.29, 0.717) is 18.1 Å². The lowest BCUT2D eigenvalue weighted by Gasteiger charge is -2.28. The van der Waals surface area contributed by atoms with Gasteiger partial charge in [0, 0.05) is 23.1 Å². The SMILES string of the molecule is CC(CC1CCCCN1)NC(C)c1ccccc1Cl. The van der Waals surface area contributed by atoms with Gasteiger partial charge in [-0.05, 0) is 51.3 Å². The van der Waals surface area contributed by atoms with Gasteiger partial charge in [0.15, 0.2) is 0 Å². The summed E-state index contributed by atoms with van der Waals surface area (Å²) >= 11 is 6.24. The molecule has 0 aliphatic carbocycles. The summed E-state index contributed by atoms with van der Waals surface area (Å²) < 4.78 is 0. The molecule has 1 fully saturated rings. The molecule has 0 saturated carbocycles. The lowest BCUT2D eigenvalue weighted by Crippen LogP contribution is -2.40. The van der Waals surface area contributed by atoms with Crippen molar-refractivity contribution in [3.63, 3.8) is 0 Å². The molecule has 3 unspecified atom stereocenters. The molecule has 0 spiro atoms. The molecular weight excluding hydrogens is 256 g/mol. The van der Waals surface area contributed by atoms with Crippen molar-refractivity contribution >= 4 is 11.6 Å². The summed E-state index contributed by atoms with van der Waals surface area (Å²) in [5.41, 5.74) is 1.19. The molecule has 2 rings (SSSR count). The number of nitrogens with one attached hydrogen (secondary N) is 2. The number of piperidine rings is 1. The smallest absolute Gasteiger partial charge is 0.0453 e. The first-order valence-corrected chi connectivity index (χ1v) is 7.78. The van der Waals surface area contributed by atoms with E-state index in [-0.39, 0.29) is 0 Å². The van der Waals surface area contributed by atoms with Crippen LogP contribution in [0.5, 0.6) is 0 Å². The second-order valence-electron chi connectivity index (χ2n) is 5.69. The Hall–Kier alpha value is -0.570. The second-order valence-corrected chi connectivity index (χ2v) is 6.10. The summed E-state index contributed by atoms with van der Waals surface area (Å²) in [5.74, 6) is 0. The quantitative estimate of drug-likeness (QED) is 0.854. The van der Waals surface area contributed by atoms with Crippen molar-refractivity contribution in [2.24, 2.45) is 0 Å². The first-order chi connectivity index (χ1) is 9.16. The Bertz CT molecular complexity index is 388. The van der Waals surface area contributed by atoms with Gasteiger partial charge in [-0.2, -0.15) is 0 Å². The highest BCUT2D eigenvalue weighted by Crippen LogP contribution is 2.23. The van der Waals surface area contributed by atoms with Crippen LogP contribution in [0, 0.1) is 0 Å². The monoisotopic (exact) mass is 280 g/mol. The first kappa shape index (κ1) is 14.8. The predicted molar refractivity (Wildman–Crippen MR) is 82.7 cm³/mol. The van der Waals surface area contributed by atoms with Gasteiger partial charge in [-0.3, -0.25) is 0 Å². The van der Waals surface area contributed by atoms with Crippen molar-refractivity contribution < 1.29 is 0 Å². The molecule has 1 aliphatic heterocycles. The maximum atomic E-state index is 6.24. The lowest BCUT2D eigenvalue weighted by molar-refractivity contribution is 0.334. The van der Waals surface area contributed by atoms with E-state index in [4.69, 9.17) is 11.6 Å². The molecule has 0 bridgehead atoms. The lowest BCUT2D eigenvalue weighted by atomic mass is 9.98. The van der Waals surface area contributed by atoms with E-state index in [1.807, 2.05) is 18.2 Å². The van der Waals surface area contributed by atoms with Crippen molar-refractivity contribution in [2.45, 2.75) is 57.7 Å². The minimum Gasteiger partial charge on any atom is -0.314 e. The van der Waals surface area contributed by atoms with Gasteiger partial charge in [0.25, 0.3) is 0 Å². The molecule has 1 aliphatic rings. The van der Waals surface area contributed by atoms with Gasteiger partial charge in [0.05, 0.1) is 0 Å². The van der Waals surface area contributed by atoms with Crippen LogP contribution in [0.2, 0.25) is 5.02 Å². The highest BCUT2D eigenvalue weighted by molar-refractivity contribution is 6.31. The molecule has 2 N–H and O–H groups in total. The van der Waals surface area contributed by atoms with E-state index in [1.165, 1.54) is 37.8 Å². The normalized spacial score (nSPS) is 23.0. The van der Waals surface area contributed by atoms with Crippen molar-refractivity contribution in [1.82, 2.24) is 10.6 Å². The van der Waals surface area contributed by atoms with E-state index >= 15 is 0 Å². The molecule has 1 aromatic rings. The van der Waals surface area contributed by atoms with Gasteiger partial charge >= 0.3 is 0 Å². The van der Waals surface area contributed by atoms with Crippen molar-refractivity contribution in [3.05, 3.63) is 34.9 Å². The molecule has 0 radical (unpaired) electrons. The van der Waals surface area contributed by atoms with Gasteiger partial charge in [-0.15, -0.1) is 0 Å². The van der Waals surface area contributed by atoms with Crippen LogP contribution < -0.4 is 10.6 Å². The fourth-order valence-corrected chi connectivity index (χ4v) is 3.26. The predicted octanol–water partition coefficient (Wildman–Crippen LogP) is 3.91. The highest BCUT2D eigenvalue weighted by atomic mass is 35.5. The maximum absolute atomic E-state index is 6.24. The molecule has 1 aromatic carbocycles. The summed E-state index contributed by atoms with van der Waals surface area (Å²) in [6, 6.07) is 9.57. The zero-order valence-electron chi connectivity index (χ0n) is 12.0. The Labute approximate surface area is 121 Å². The summed E-state index contributed by atoms with van der Waals surface area (Å²) in [7, 11) is 0. The minimum absolute atomic E-state index is 0.298. The summed E-state index contributed by atoms with van der Waals surface area (Å²) in [6.07, 6.45) is 5.19.